The number of ether oxygens (including phenoxy) is 2. The number of carbonyl (C=O) groups is 1. The molecule has 0 N–H and O–H groups in total. The molecule has 3 nitrogen and oxygen atoms in total. The Morgan fingerprint density at radius 1 is 1.28 bits per heavy atom. The lowest BCUT2D eigenvalue weighted by atomic mass is 9.76. The van der Waals surface area contributed by atoms with Gasteiger partial charge in [0.25, 0.3) is 0 Å². The molecule has 2 heterocycles. The van der Waals surface area contributed by atoms with Crippen molar-refractivity contribution in [1.29, 1.82) is 0 Å². The SMILES string of the molecule is CC1C2CC(C(=O)OCC[Si](C)(C)C)C(O2)C1C. The van der Waals surface area contributed by atoms with Crippen molar-refractivity contribution in [2.24, 2.45) is 17.8 Å². The normalized spacial score (nSPS) is 39.1. The van der Waals surface area contributed by atoms with Crippen LogP contribution in [0.3, 0.4) is 0 Å². The van der Waals surface area contributed by atoms with Gasteiger partial charge in [0.2, 0.25) is 0 Å². The van der Waals surface area contributed by atoms with E-state index in [9.17, 15) is 4.79 Å². The van der Waals surface area contributed by atoms with Gasteiger partial charge in [-0.2, -0.15) is 0 Å². The molecule has 5 unspecified atom stereocenters. The lowest BCUT2D eigenvalue weighted by molar-refractivity contribution is -0.150. The minimum absolute atomic E-state index is 0.0113. The van der Waals surface area contributed by atoms with E-state index in [0.29, 0.717) is 18.4 Å². The van der Waals surface area contributed by atoms with Crippen LogP contribution in [0.25, 0.3) is 0 Å². The summed E-state index contributed by atoms with van der Waals surface area (Å²) in [5.41, 5.74) is 0. The average Bonchev–Trinajstić information content (AvgIpc) is 2.78. The molecule has 2 fully saturated rings. The summed E-state index contributed by atoms with van der Waals surface area (Å²) in [6, 6.07) is 1.05. The molecule has 0 aromatic heterocycles. The van der Waals surface area contributed by atoms with Crippen LogP contribution >= 0.6 is 0 Å². The molecule has 104 valence electrons. The summed E-state index contributed by atoms with van der Waals surface area (Å²) in [5.74, 6) is 1.03. The maximum atomic E-state index is 12.1. The van der Waals surface area contributed by atoms with Gasteiger partial charge in [-0.15, -0.1) is 0 Å². The van der Waals surface area contributed by atoms with E-state index in [2.05, 4.69) is 33.5 Å². The van der Waals surface area contributed by atoms with Crippen molar-refractivity contribution in [2.45, 2.75) is 58.2 Å². The van der Waals surface area contributed by atoms with E-state index >= 15 is 0 Å². The third-order valence-electron chi connectivity index (χ3n) is 4.55. The molecule has 0 aromatic rings. The summed E-state index contributed by atoms with van der Waals surface area (Å²) in [5, 5.41) is 0. The van der Waals surface area contributed by atoms with Crippen molar-refractivity contribution in [3.63, 3.8) is 0 Å². The Hall–Kier alpha value is -0.353. The second-order valence-corrected chi connectivity index (χ2v) is 12.8. The molecule has 2 aliphatic rings. The first kappa shape index (κ1) is 14.1. The average molecular weight is 270 g/mol. The lowest BCUT2D eigenvalue weighted by Gasteiger charge is -2.27. The van der Waals surface area contributed by atoms with E-state index in [1.54, 1.807) is 0 Å². The highest BCUT2D eigenvalue weighted by Gasteiger charge is 2.53. The van der Waals surface area contributed by atoms with Gasteiger partial charge in [-0.25, -0.2) is 0 Å². The zero-order chi connectivity index (χ0) is 13.5. The maximum Gasteiger partial charge on any atom is 0.311 e. The molecule has 0 aliphatic carbocycles. The maximum absolute atomic E-state index is 12.1. The van der Waals surface area contributed by atoms with Crippen LogP contribution < -0.4 is 0 Å². The van der Waals surface area contributed by atoms with Gasteiger partial charge < -0.3 is 9.47 Å². The molecule has 2 saturated heterocycles. The van der Waals surface area contributed by atoms with Gasteiger partial charge in [0.15, 0.2) is 0 Å². The van der Waals surface area contributed by atoms with E-state index in [1.165, 1.54) is 0 Å². The van der Waals surface area contributed by atoms with E-state index in [-0.39, 0.29) is 24.1 Å². The van der Waals surface area contributed by atoms with Crippen LogP contribution in [0.5, 0.6) is 0 Å². The third kappa shape index (κ3) is 2.80. The van der Waals surface area contributed by atoms with Crippen molar-refractivity contribution >= 4 is 14.0 Å². The van der Waals surface area contributed by atoms with Gasteiger partial charge in [-0.3, -0.25) is 4.79 Å². The molecule has 0 radical (unpaired) electrons. The summed E-state index contributed by atoms with van der Waals surface area (Å²) in [7, 11) is -1.11. The lowest BCUT2D eigenvalue weighted by Crippen LogP contribution is -2.36. The Morgan fingerprint density at radius 2 is 1.94 bits per heavy atom. The molecule has 18 heavy (non-hydrogen) atoms. The Balaban J connectivity index is 1.81. The second kappa shape index (κ2) is 4.97. The van der Waals surface area contributed by atoms with Crippen molar-refractivity contribution < 1.29 is 14.3 Å². The Labute approximate surface area is 111 Å². The minimum atomic E-state index is -1.11. The van der Waals surface area contributed by atoms with Crippen LogP contribution in [0.15, 0.2) is 0 Å². The fourth-order valence-electron chi connectivity index (χ4n) is 3.00. The van der Waals surface area contributed by atoms with Crippen LogP contribution in [0.4, 0.5) is 0 Å². The molecular formula is C14H26O3Si. The summed E-state index contributed by atoms with van der Waals surface area (Å²) in [6.45, 7) is 11.9. The highest BCUT2D eigenvalue weighted by Crippen LogP contribution is 2.46. The first-order chi connectivity index (χ1) is 8.29. The van der Waals surface area contributed by atoms with Crippen LogP contribution in [-0.2, 0) is 14.3 Å². The zero-order valence-electron chi connectivity index (χ0n) is 12.2. The van der Waals surface area contributed by atoms with Crippen LogP contribution in [0, 0.1) is 17.8 Å². The van der Waals surface area contributed by atoms with Crippen LogP contribution in [0.2, 0.25) is 25.7 Å². The monoisotopic (exact) mass is 270 g/mol. The zero-order valence-corrected chi connectivity index (χ0v) is 13.2. The van der Waals surface area contributed by atoms with Gasteiger partial charge in [-0.1, -0.05) is 33.5 Å². The fourth-order valence-corrected chi connectivity index (χ4v) is 3.71. The quantitative estimate of drug-likeness (QED) is 0.582. The van der Waals surface area contributed by atoms with Crippen molar-refractivity contribution in [2.75, 3.05) is 6.61 Å². The van der Waals surface area contributed by atoms with Gasteiger partial charge in [0.05, 0.1) is 24.7 Å². The number of esters is 1. The summed E-state index contributed by atoms with van der Waals surface area (Å²) >= 11 is 0. The number of hydrogen-bond acceptors (Lipinski definition) is 3. The summed E-state index contributed by atoms with van der Waals surface area (Å²) < 4.78 is 11.3. The molecule has 4 heteroatoms. The first-order valence-electron chi connectivity index (χ1n) is 7.12. The van der Waals surface area contributed by atoms with Gasteiger partial charge >= 0.3 is 5.97 Å². The molecular weight excluding hydrogens is 244 g/mol. The number of carbonyl (C=O) groups excluding carboxylic acids is 1. The molecule has 0 aromatic carbocycles. The molecule has 2 bridgehead atoms. The van der Waals surface area contributed by atoms with Crippen molar-refractivity contribution in [1.82, 2.24) is 0 Å². The van der Waals surface area contributed by atoms with E-state index < -0.39 is 8.07 Å². The Kier molecular flexibility index (Phi) is 3.88. The highest BCUT2D eigenvalue weighted by atomic mass is 28.3. The standard InChI is InChI=1S/C14H26O3Si/c1-9-10(2)13-11(8-12(9)17-13)14(15)16-6-7-18(3,4)5/h9-13H,6-8H2,1-5H3. The number of hydrogen-bond donors (Lipinski definition) is 0. The first-order valence-corrected chi connectivity index (χ1v) is 10.8. The fraction of sp³-hybridized carbons (Fsp3) is 0.929. The van der Waals surface area contributed by atoms with Crippen LogP contribution in [-0.4, -0.2) is 32.9 Å². The van der Waals surface area contributed by atoms with Crippen molar-refractivity contribution in [3.05, 3.63) is 0 Å². The second-order valence-electron chi connectivity index (χ2n) is 7.18. The van der Waals surface area contributed by atoms with E-state index in [0.717, 1.165) is 12.5 Å². The molecule has 0 spiro atoms. The molecule has 2 rings (SSSR count). The predicted molar refractivity (Wildman–Crippen MR) is 74.2 cm³/mol. The molecule has 5 atom stereocenters. The van der Waals surface area contributed by atoms with Crippen LogP contribution in [0.1, 0.15) is 20.3 Å². The molecule has 0 saturated carbocycles. The topological polar surface area (TPSA) is 35.5 Å². The van der Waals surface area contributed by atoms with Gasteiger partial charge in [0.1, 0.15) is 0 Å². The minimum Gasteiger partial charge on any atom is -0.466 e. The van der Waals surface area contributed by atoms with Gasteiger partial charge in [-0.05, 0) is 24.3 Å². The number of fused-ring (bicyclic) bond motifs is 2. The smallest absolute Gasteiger partial charge is 0.311 e. The number of rotatable bonds is 4. The highest BCUT2D eigenvalue weighted by molar-refractivity contribution is 6.76. The van der Waals surface area contributed by atoms with E-state index in [1.807, 2.05) is 0 Å². The van der Waals surface area contributed by atoms with Gasteiger partial charge in [0, 0.05) is 8.07 Å². The summed E-state index contributed by atoms with van der Waals surface area (Å²) in [6.07, 6.45) is 1.24. The van der Waals surface area contributed by atoms with E-state index in [4.69, 9.17) is 9.47 Å². The Morgan fingerprint density at radius 3 is 2.44 bits per heavy atom. The van der Waals surface area contributed by atoms with Crippen molar-refractivity contribution in [3.8, 4) is 0 Å². The summed E-state index contributed by atoms with van der Waals surface area (Å²) in [4.78, 5) is 12.1. The largest absolute Gasteiger partial charge is 0.466 e. The third-order valence-corrected chi connectivity index (χ3v) is 6.25. The predicted octanol–water partition coefficient (Wildman–Crippen LogP) is 2.93. The Bertz CT molecular complexity index is 321. The molecule has 2 aliphatic heterocycles. The molecule has 0 amide bonds.